The van der Waals surface area contributed by atoms with E-state index >= 15 is 0 Å². The minimum Gasteiger partial charge on any atom is -0.370 e. The summed E-state index contributed by atoms with van der Waals surface area (Å²) in [6.07, 6.45) is 5.64. The molecule has 3 aliphatic rings. The lowest BCUT2D eigenvalue weighted by molar-refractivity contribution is -0.115. The highest BCUT2D eigenvalue weighted by Gasteiger charge is 2.37. The molecule has 1 saturated heterocycles. The predicted octanol–water partition coefficient (Wildman–Crippen LogP) is 5.22. The fourth-order valence-electron chi connectivity index (χ4n) is 5.31. The SMILES string of the molecule is O=C1Nc2ccc(S(=O)(=O)NCC3CC3)cc2C1C(=Nc1ccccc1N1CCCCC1)c1ccccc1. The average Bonchev–Trinajstić information content (AvgIpc) is 3.73. The monoisotopic (exact) mass is 528 g/mol. The molecule has 38 heavy (non-hydrogen) atoms. The molecule has 2 aliphatic heterocycles. The minimum atomic E-state index is -3.68. The van der Waals surface area contributed by atoms with Gasteiger partial charge in [0, 0.05) is 25.3 Å². The Morgan fingerprint density at radius 3 is 2.45 bits per heavy atom. The standard InChI is InChI=1S/C30H32N4O3S/c35-30-28(24-19-23(15-16-25(24)33-30)38(36,37)31-20-21-13-14-21)29(22-9-3-1-4-10-22)32-26-11-5-6-12-27(26)34-17-7-2-8-18-34/h1,3-6,9-12,15-16,19,21,28,31H,2,7-8,13-14,17-18,20H2,(H,33,35). The van der Waals surface area contributed by atoms with Crippen LogP contribution in [0.15, 0.2) is 82.7 Å². The summed E-state index contributed by atoms with van der Waals surface area (Å²) in [4.78, 5) is 21.1. The molecule has 3 aromatic carbocycles. The molecular weight excluding hydrogens is 496 g/mol. The van der Waals surface area contributed by atoms with Gasteiger partial charge in [-0.1, -0.05) is 42.5 Å². The molecular formula is C30H32N4O3S. The lowest BCUT2D eigenvalue weighted by atomic mass is 9.90. The summed E-state index contributed by atoms with van der Waals surface area (Å²) in [5.74, 6) is -0.522. The van der Waals surface area contributed by atoms with Gasteiger partial charge in [-0.3, -0.25) is 4.79 Å². The van der Waals surface area contributed by atoms with Crippen LogP contribution in [0.3, 0.4) is 0 Å². The molecule has 6 rings (SSSR count). The van der Waals surface area contributed by atoms with E-state index in [1.165, 1.54) is 6.42 Å². The Hall–Kier alpha value is -3.49. The zero-order valence-electron chi connectivity index (χ0n) is 21.3. The van der Waals surface area contributed by atoms with E-state index in [9.17, 15) is 13.2 Å². The van der Waals surface area contributed by atoms with E-state index in [-0.39, 0.29) is 10.8 Å². The molecule has 1 unspecified atom stereocenters. The topological polar surface area (TPSA) is 90.9 Å². The largest absolute Gasteiger partial charge is 0.370 e. The summed E-state index contributed by atoms with van der Waals surface area (Å²) in [7, 11) is -3.68. The minimum absolute atomic E-state index is 0.166. The van der Waals surface area contributed by atoms with Crippen molar-refractivity contribution in [2.24, 2.45) is 10.9 Å². The van der Waals surface area contributed by atoms with E-state index in [0.29, 0.717) is 29.4 Å². The molecule has 8 heteroatoms. The highest BCUT2D eigenvalue weighted by atomic mass is 32.2. The fourth-order valence-corrected chi connectivity index (χ4v) is 6.46. The molecule has 7 nitrogen and oxygen atoms in total. The number of hydrogen-bond donors (Lipinski definition) is 2. The molecule has 1 saturated carbocycles. The third-order valence-corrected chi connectivity index (χ3v) is 9.01. The molecule has 1 amide bonds. The molecule has 3 aromatic rings. The van der Waals surface area contributed by atoms with Crippen molar-refractivity contribution in [2.75, 3.05) is 29.9 Å². The molecule has 0 spiro atoms. The smallest absolute Gasteiger partial charge is 0.240 e. The molecule has 0 radical (unpaired) electrons. The first-order valence-corrected chi connectivity index (χ1v) is 14.9. The number of nitrogens with one attached hydrogen (secondary N) is 2. The Morgan fingerprint density at radius 1 is 0.947 bits per heavy atom. The second-order valence-electron chi connectivity index (χ2n) is 10.4. The van der Waals surface area contributed by atoms with Gasteiger partial charge in [-0.15, -0.1) is 0 Å². The van der Waals surface area contributed by atoms with Gasteiger partial charge in [0.1, 0.15) is 5.92 Å². The van der Waals surface area contributed by atoms with Gasteiger partial charge in [-0.05, 0) is 79.5 Å². The summed E-state index contributed by atoms with van der Waals surface area (Å²) in [5.41, 5.74) is 4.54. The maximum Gasteiger partial charge on any atom is 0.240 e. The predicted molar refractivity (Wildman–Crippen MR) is 151 cm³/mol. The third kappa shape index (κ3) is 5.11. The Balaban J connectivity index is 1.44. The average molecular weight is 529 g/mol. The van der Waals surface area contributed by atoms with E-state index in [0.717, 1.165) is 55.7 Å². The summed E-state index contributed by atoms with van der Waals surface area (Å²) in [6.45, 7) is 2.41. The Morgan fingerprint density at radius 2 is 1.68 bits per heavy atom. The maximum atomic E-state index is 13.4. The van der Waals surface area contributed by atoms with Crippen molar-refractivity contribution in [3.63, 3.8) is 0 Å². The van der Waals surface area contributed by atoms with Crippen molar-refractivity contribution in [1.29, 1.82) is 0 Å². The van der Waals surface area contributed by atoms with Gasteiger partial charge in [0.2, 0.25) is 15.9 Å². The van der Waals surface area contributed by atoms with Gasteiger partial charge in [-0.25, -0.2) is 18.1 Å². The number of hydrogen-bond acceptors (Lipinski definition) is 5. The van der Waals surface area contributed by atoms with Gasteiger partial charge in [0.15, 0.2) is 0 Å². The third-order valence-electron chi connectivity index (χ3n) is 7.59. The van der Waals surface area contributed by atoms with E-state index in [2.05, 4.69) is 21.0 Å². The van der Waals surface area contributed by atoms with E-state index in [4.69, 9.17) is 4.99 Å². The first-order chi connectivity index (χ1) is 18.5. The number of piperidine rings is 1. The van der Waals surface area contributed by atoms with Crippen molar-refractivity contribution < 1.29 is 13.2 Å². The molecule has 2 N–H and O–H groups in total. The van der Waals surface area contributed by atoms with Crippen molar-refractivity contribution in [1.82, 2.24) is 4.72 Å². The number of fused-ring (bicyclic) bond motifs is 1. The van der Waals surface area contributed by atoms with Crippen LogP contribution in [0.4, 0.5) is 17.1 Å². The second-order valence-corrected chi connectivity index (χ2v) is 12.1. The van der Waals surface area contributed by atoms with Crippen LogP contribution in [0.2, 0.25) is 0 Å². The second kappa shape index (κ2) is 10.3. The van der Waals surface area contributed by atoms with E-state index in [1.807, 2.05) is 48.5 Å². The number of benzene rings is 3. The zero-order valence-corrected chi connectivity index (χ0v) is 22.1. The van der Waals surface area contributed by atoms with E-state index in [1.54, 1.807) is 18.2 Å². The van der Waals surface area contributed by atoms with Gasteiger partial charge < -0.3 is 10.2 Å². The van der Waals surface area contributed by atoms with E-state index < -0.39 is 15.9 Å². The normalized spacial score (nSPS) is 19.8. The number of nitrogens with zero attached hydrogens (tertiary/aromatic N) is 2. The van der Waals surface area contributed by atoms with Crippen molar-refractivity contribution >= 4 is 38.7 Å². The molecule has 1 aliphatic carbocycles. The summed E-state index contributed by atoms with van der Waals surface area (Å²) in [6, 6.07) is 22.6. The molecule has 0 aromatic heterocycles. The molecule has 1 atom stereocenters. The van der Waals surface area contributed by atoms with Gasteiger partial charge in [-0.2, -0.15) is 0 Å². The van der Waals surface area contributed by atoms with Crippen LogP contribution >= 0.6 is 0 Å². The lowest BCUT2D eigenvalue weighted by Gasteiger charge is -2.30. The summed E-state index contributed by atoms with van der Waals surface area (Å²) in [5, 5.41) is 2.95. The number of amides is 1. The van der Waals surface area contributed by atoms with Crippen LogP contribution in [-0.2, 0) is 14.8 Å². The molecule has 0 bridgehead atoms. The molecule has 196 valence electrons. The van der Waals surface area contributed by atoms with Crippen LogP contribution in [0, 0.1) is 5.92 Å². The summed E-state index contributed by atoms with van der Waals surface area (Å²) >= 11 is 0. The van der Waals surface area contributed by atoms with Gasteiger partial charge >= 0.3 is 0 Å². The number of rotatable bonds is 8. The van der Waals surface area contributed by atoms with Crippen molar-refractivity contribution in [2.45, 2.75) is 42.9 Å². The van der Waals surface area contributed by atoms with Gasteiger partial charge in [0.25, 0.3) is 0 Å². The molecule has 2 fully saturated rings. The fraction of sp³-hybridized carbons (Fsp3) is 0.333. The van der Waals surface area contributed by atoms with Crippen LogP contribution in [0.1, 0.15) is 49.1 Å². The zero-order chi connectivity index (χ0) is 26.1. The van der Waals surface area contributed by atoms with Gasteiger partial charge in [0.05, 0.1) is 22.0 Å². The number of aliphatic imine (C=N–C) groups is 1. The Bertz CT molecular complexity index is 1480. The number of carbonyl (C=O) groups excluding carboxylic acids is 1. The quantitative estimate of drug-likeness (QED) is 0.392. The Kier molecular flexibility index (Phi) is 6.76. The Labute approximate surface area is 224 Å². The first-order valence-electron chi connectivity index (χ1n) is 13.4. The van der Waals surface area contributed by atoms with Crippen LogP contribution < -0.4 is 14.9 Å². The maximum absolute atomic E-state index is 13.4. The lowest BCUT2D eigenvalue weighted by Crippen LogP contribution is -2.29. The van der Waals surface area contributed by atoms with Crippen LogP contribution in [0.5, 0.6) is 0 Å². The number of carbonyl (C=O) groups is 1. The van der Waals surface area contributed by atoms with Crippen molar-refractivity contribution in [3.8, 4) is 0 Å². The van der Waals surface area contributed by atoms with Crippen LogP contribution in [0.25, 0.3) is 0 Å². The van der Waals surface area contributed by atoms with Crippen molar-refractivity contribution in [3.05, 3.63) is 83.9 Å². The first kappa shape index (κ1) is 24.8. The number of sulfonamides is 1. The highest BCUT2D eigenvalue weighted by Crippen LogP contribution is 2.39. The highest BCUT2D eigenvalue weighted by molar-refractivity contribution is 7.89. The number of anilines is 2. The number of para-hydroxylation sites is 2. The molecule has 2 heterocycles. The van der Waals surface area contributed by atoms with Crippen LogP contribution in [-0.4, -0.2) is 39.7 Å². The summed E-state index contributed by atoms with van der Waals surface area (Å²) < 4.78 is 28.8.